The summed E-state index contributed by atoms with van der Waals surface area (Å²) in [6, 6.07) is 7.06. The van der Waals surface area contributed by atoms with E-state index in [1.165, 1.54) is 0 Å². The summed E-state index contributed by atoms with van der Waals surface area (Å²) < 4.78 is 30.5. The first kappa shape index (κ1) is 17.1. The van der Waals surface area contributed by atoms with Crippen LogP contribution in [0.5, 0.6) is 5.75 Å². The zero-order valence-electron chi connectivity index (χ0n) is 12.9. The molecule has 0 saturated heterocycles. The first-order valence-corrected chi connectivity index (χ1v) is 9.22. The van der Waals surface area contributed by atoms with Gasteiger partial charge in [0.15, 0.2) is 20.5 Å². The highest BCUT2D eigenvalue weighted by Gasteiger charge is 2.39. The van der Waals surface area contributed by atoms with E-state index in [1.54, 1.807) is 31.2 Å². The minimum absolute atomic E-state index is 0.0314. The summed E-state index contributed by atoms with van der Waals surface area (Å²) in [5.41, 5.74) is -0.0904. The van der Waals surface area contributed by atoms with Gasteiger partial charge in [-0.15, -0.1) is 11.6 Å². The lowest BCUT2D eigenvalue weighted by atomic mass is 10.1. The number of benzene rings is 1. The van der Waals surface area contributed by atoms with E-state index >= 15 is 0 Å². The molecule has 1 aliphatic heterocycles. The molecule has 0 aromatic heterocycles. The van der Waals surface area contributed by atoms with Crippen molar-refractivity contribution in [2.45, 2.75) is 44.6 Å². The van der Waals surface area contributed by atoms with Gasteiger partial charge in [-0.3, -0.25) is 0 Å². The molecule has 1 aromatic rings. The van der Waals surface area contributed by atoms with Gasteiger partial charge in [0, 0.05) is 6.42 Å². The van der Waals surface area contributed by atoms with E-state index in [-0.39, 0.29) is 29.2 Å². The Labute approximate surface area is 136 Å². The molecule has 0 spiro atoms. The van der Waals surface area contributed by atoms with E-state index in [2.05, 4.69) is 5.16 Å². The number of oxime groups is 1. The predicted molar refractivity (Wildman–Crippen MR) is 87.1 cm³/mol. The summed E-state index contributed by atoms with van der Waals surface area (Å²) in [5.74, 6) is 0.703. The van der Waals surface area contributed by atoms with Crippen molar-refractivity contribution >= 4 is 26.5 Å². The van der Waals surface area contributed by atoms with Crippen LogP contribution in [0.25, 0.3) is 0 Å². The molecule has 0 fully saturated rings. The summed E-state index contributed by atoms with van der Waals surface area (Å²) in [6.45, 7) is 5.57. The molecule has 1 unspecified atom stereocenters. The Hall–Kier alpha value is -1.27. The minimum atomic E-state index is -3.53. The van der Waals surface area contributed by atoms with E-state index in [0.29, 0.717) is 11.3 Å². The molecule has 0 saturated carbocycles. The third-order valence-corrected chi connectivity index (χ3v) is 5.38. The van der Waals surface area contributed by atoms with Gasteiger partial charge in [-0.05, 0) is 38.5 Å². The van der Waals surface area contributed by atoms with Crippen LogP contribution in [0, 0.1) is 0 Å². The van der Waals surface area contributed by atoms with Crippen molar-refractivity contribution in [1.82, 2.24) is 0 Å². The number of alkyl halides is 1. The number of hydrogen-bond acceptors (Lipinski definition) is 5. The van der Waals surface area contributed by atoms with Gasteiger partial charge in [0.1, 0.15) is 5.75 Å². The third-order valence-electron chi connectivity index (χ3n) is 3.16. The van der Waals surface area contributed by atoms with Gasteiger partial charge in [-0.2, -0.15) is 0 Å². The second-order valence-corrected chi connectivity index (χ2v) is 8.17. The van der Waals surface area contributed by atoms with E-state index in [1.807, 2.05) is 13.8 Å². The molecule has 1 heterocycles. The lowest BCUT2D eigenvalue weighted by molar-refractivity contribution is 0.0152. The summed E-state index contributed by atoms with van der Waals surface area (Å²) in [4.78, 5) is 5.15. The van der Waals surface area contributed by atoms with Crippen molar-refractivity contribution < 1.29 is 18.0 Å². The van der Waals surface area contributed by atoms with Gasteiger partial charge in [0.05, 0.1) is 17.7 Å². The maximum Gasteiger partial charge on any atom is 0.199 e. The van der Waals surface area contributed by atoms with Gasteiger partial charge < -0.3 is 9.57 Å². The monoisotopic (exact) mass is 345 g/mol. The van der Waals surface area contributed by atoms with Crippen molar-refractivity contribution in [2.24, 2.45) is 5.16 Å². The van der Waals surface area contributed by atoms with Gasteiger partial charge in [0.25, 0.3) is 0 Å². The Balaban J connectivity index is 2.13. The first-order chi connectivity index (χ1) is 10.2. The number of sulfone groups is 1. The molecular formula is C15H20ClNO4S. The molecule has 7 heteroatoms. The summed E-state index contributed by atoms with van der Waals surface area (Å²) >= 11 is 5.78. The van der Waals surface area contributed by atoms with Crippen LogP contribution < -0.4 is 4.74 Å². The highest BCUT2D eigenvalue weighted by molar-refractivity contribution is 8.05. The molecule has 1 atom stereocenters. The predicted octanol–water partition coefficient (Wildman–Crippen LogP) is 3.12. The number of halogens is 1. The third kappa shape index (κ3) is 4.14. The average Bonchev–Trinajstić information content (AvgIpc) is 2.82. The smallest absolute Gasteiger partial charge is 0.199 e. The second-order valence-electron chi connectivity index (χ2n) is 5.91. The van der Waals surface area contributed by atoms with Crippen molar-refractivity contribution in [3.8, 4) is 5.75 Å². The molecule has 1 aromatic carbocycles. The SMILES string of the molecule is CC(C)Oc1cccc(CS(=O)(=O)C2=NOC(C)(CCl)C2)c1. The van der Waals surface area contributed by atoms with Crippen LogP contribution in [0.3, 0.4) is 0 Å². The Morgan fingerprint density at radius 3 is 2.77 bits per heavy atom. The van der Waals surface area contributed by atoms with Gasteiger partial charge in [-0.1, -0.05) is 17.3 Å². The fourth-order valence-corrected chi connectivity index (χ4v) is 3.67. The Morgan fingerprint density at radius 1 is 1.45 bits per heavy atom. The molecule has 122 valence electrons. The topological polar surface area (TPSA) is 65.0 Å². The van der Waals surface area contributed by atoms with Crippen LogP contribution in [0.1, 0.15) is 32.8 Å². The Morgan fingerprint density at radius 2 is 2.18 bits per heavy atom. The zero-order chi connectivity index (χ0) is 16.4. The standard InChI is InChI=1S/C15H20ClNO4S/c1-11(2)20-13-6-4-5-12(7-13)9-22(18,19)14-8-15(3,10-16)21-17-14/h4-7,11H,8-10H2,1-3H3. The van der Waals surface area contributed by atoms with Crippen LogP contribution in [0.4, 0.5) is 0 Å². The van der Waals surface area contributed by atoms with Crippen LogP contribution >= 0.6 is 11.6 Å². The molecule has 0 radical (unpaired) electrons. The highest BCUT2D eigenvalue weighted by atomic mass is 35.5. The van der Waals surface area contributed by atoms with Crippen LogP contribution in [-0.2, 0) is 20.4 Å². The zero-order valence-corrected chi connectivity index (χ0v) is 14.4. The van der Waals surface area contributed by atoms with Crippen molar-refractivity contribution in [3.63, 3.8) is 0 Å². The van der Waals surface area contributed by atoms with Crippen molar-refractivity contribution in [1.29, 1.82) is 0 Å². The fourth-order valence-electron chi connectivity index (χ4n) is 2.07. The molecule has 22 heavy (non-hydrogen) atoms. The Bertz CT molecular complexity index is 672. The molecule has 2 rings (SSSR count). The van der Waals surface area contributed by atoms with E-state index in [9.17, 15) is 8.42 Å². The fraction of sp³-hybridized carbons (Fsp3) is 0.533. The molecule has 0 bridgehead atoms. The number of hydrogen-bond donors (Lipinski definition) is 0. The van der Waals surface area contributed by atoms with Crippen molar-refractivity contribution in [3.05, 3.63) is 29.8 Å². The van der Waals surface area contributed by atoms with Crippen molar-refractivity contribution in [2.75, 3.05) is 5.88 Å². The Kier molecular flexibility index (Phi) is 5.02. The van der Waals surface area contributed by atoms with Gasteiger partial charge in [-0.25, -0.2) is 8.42 Å². The van der Waals surface area contributed by atoms with E-state index in [0.717, 1.165) is 0 Å². The van der Waals surface area contributed by atoms with E-state index in [4.69, 9.17) is 21.2 Å². The van der Waals surface area contributed by atoms with Gasteiger partial charge >= 0.3 is 0 Å². The summed E-state index contributed by atoms with van der Waals surface area (Å²) in [5, 5.41) is 3.76. The van der Waals surface area contributed by atoms with Crippen LogP contribution in [-0.4, -0.2) is 31.0 Å². The van der Waals surface area contributed by atoms with Crippen LogP contribution in [0.15, 0.2) is 29.4 Å². The molecule has 0 N–H and O–H groups in total. The van der Waals surface area contributed by atoms with Gasteiger partial charge in [0.2, 0.25) is 0 Å². The minimum Gasteiger partial charge on any atom is -0.491 e. The second kappa shape index (κ2) is 6.46. The number of ether oxygens (including phenoxy) is 1. The largest absolute Gasteiger partial charge is 0.491 e. The summed E-state index contributed by atoms with van der Waals surface area (Å²) in [7, 11) is -3.53. The van der Waals surface area contributed by atoms with E-state index < -0.39 is 15.4 Å². The molecular weight excluding hydrogens is 326 g/mol. The molecule has 0 aliphatic carbocycles. The van der Waals surface area contributed by atoms with Crippen LogP contribution in [0.2, 0.25) is 0 Å². The highest BCUT2D eigenvalue weighted by Crippen LogP contribution is 2.28. The maximum absolute atomic E-state index is 12.4. The lowest BCUT2D eigenvalue weighted by Crippen LogP contribution is -2.28. The lowest BCUT2D eigenvalue weighted by Gasteiger charge is -2.16. The first-order valence-electron chi connectivity index (χ1n) is 7.03. The number of rotatable bonds is 5. The molecule has 1 aliphatic rings. The summed E-state index contributed by atoms with van der Waals surface area (Å²) in [6.07, 6.45) is 0.227. The average molecular weight is 346 g/mol. The maximum atomic E-state index is 12.4. The molecule has 0 amide bonds. The molecule has 5 nitrogen and oxygen atoms in total. The number of nitrogens with zero attached hydrogens (tertiary/aromatic N) is 1. The normalized spacial score (nSPS) is 21.6. The quantitative estimate of drug-likeness (QED) is 0.769.